The van der Waals surface area contributed by atoms with Crippen LogP contribution < -0.4 is 9.47 Å². The number of ether oxygens (including phenoxy) is 2. The van der Waals surface area contributed by atoms with Crippen LogP contribution >= 0.6 is 0 Å². The summed E-state index contributed by atoms with van der Waals surface area (Å²) in [4.78, 5) is 16.8. The summed E-state index contributed by atoms with van der Waals surface area (Å²) < 4.78 is 16.0. The van der Waals surface area contributed by atoms with Crippen LogP contribution in [0.25, 0.3) is 6.08 Å². The van der Waals surface area contributed by atoms with Crippen LogP contribution in [0.2, 0.25) is 0 Å². The van der Waals surface area contributed by atoms with Gasteiger partial charge < -0.3 is 23.7 Å². The molecule has 1 saturated heterocycles. The fraction of sp³-hybridized carbons (Fsp3) is 0.435. The molecule has 0 aliphatic carbocycles. The van der Waals surface area contributed by atoms with Gasteiger partial charge in [0, 0.05) is 31.8 Å². The highest BCUT2D eigenvalue weighted by Crippen LogP contribution is 2.28. The average Bonchev–Trinajstić information content (AvgIpc) is 3.29. The van der Waals surface area contributed by atoms with Gasteiger partial charge in [-0.2, -0.15) is 0 Å². The number of nitrogens with zero attached hydrogens (tertiary/aromatic N) is 2. The van der Waals surface area contributed by atoms with Gasteiger partial charge in [0.2, 0.25) is 5.91 Å². The Morgan fingerprint density at radius 1 is 1.28 bits per heavy atom. The van der Waals surface area contributed by atoms with Gasteiger partial charge in [0.25, 0.3) is 0 Å². The highest BCUT2D eigenvalue weighted by Gasteiger charge is 2.25. The van der Waals surface area contributed by atoms with Gasteiger partial charge in [-0.3, -0.25) is 4.79 Å². The second-order valence-corrected chi connectivity index (χ2v) is 7.35. The van der Waals surface area contributed by atoms with E-state index < -0.39 is 0 Å². The standard InChI is InChI=1S/C23H30N2O4/c1-24(14-12-18-8-10-21(27-2)22(16-18)28-3)19-6-4-13-25(17-19)23(26)11-9-20-7-5-15-29-20/h5,7-11,15-16,19H,4,6,12-14,17H2,1-3H3/b11-9+/t19-/m0/s1. The zero-order chi connectivity index (χ0) is 20.6. The Kier molecular flexibility index (Phi) is 7.36. The maximum atomic E-state index is 12.5. The van der Waals surface area contributed by atoms with Crippen molar-refractivity contribution in [2.24, 2.45) is 0 Å². The lowest BCUT2D eigenvalue weighted by Crippen LogP contribution is -2.48. The molecule has 0 spiro atoms. The van der Waals surface area contributed by atoms with E-state index in [4.69, 9.17) is 13.9 Å². The number of furan rings is 1. The third-order valence-corrected chi connectivity index (χ3v) is 5.47. The van der Waals surface area contributed by atoms with E-state index in [9.17, 15) is 4.79 Å². The average molecular weight is 399 g/mol. The molecule has 1 amide bonds. The van der Waals surface area contributed by atoms with Crippen molar-refractivity contribution in [2.75, 3.05) is 40.9 Å². The number of hydrogen-bond acceptors (Lipinski definition) is 5. The van der Waals surface area contributed by atoms with Gasteiger partial charge in [0.1, 0.15) is 5.76 Å². The van der Waals surface area contributed by atoms with Crippen LogP contribution in [0, 0.1) is 0 Å². The molecule has 2 aromatic rings. The summed E-state index contributed by atoms with van der Waals surface area (Å²) >= 11 is 0. The Hall–Kier alpha value is -2.73. The van der Waals surface area contributed by atoms with E-state index in [2.05, 4.69) is 18.0 Å². The first-order valence-corrected chi connectivity index (χ1v) is 10.0. The van der Waals surface area contributed by atoms with Crippen LogP contribution in [0.15, 0.2) is 47.1 Å². The number of methoxy groups -OCH3 is 2. The summed E-state index contributed by atoms with van der Waals surface area (Å²) in [6.45, 7) is 2.48. The van der Waals surface area contributed by atoms with Gasteiger partial charge >= 0.3 is 0 Å². The number of rotatable bonds is 8. The van der Waals surface area contributed by atoms with Crippen molar-refractivity contribution in [1.29, 1.82) is 0 Å². The molecule has 6 heteroatoms. The minimum atomic E-state index is 0.0411. The maximum absolute atomic E-state index is 12.5. The van der Waals surface area contributed by atoms with Crippen LogP contribution in [-0.4, -0.2) is 62.7 Å². The molecular formula is C23H30N2O4. The maximum Gasteiger partial charge on any atom is 0.246 e. The summed E-state index contributed by atoms with van der Waals surface area (Å²) in [5, 5.41) is 0. The van der Waals surface area contributed by atoms with Crippen molar-refractivity contribution in [3.8, 4) is 11.5 Å². The van der Waals surface area contributed by atoms with Gasteiger partial charge in [0.05, 0.1) is 20.5 Å². The molecule has 0 N–H and O–H groups in total. The second kappa shape index (κ2) is 10.2. The molecule has 29 heavy (non-hydrogen) atoms. The number of hydrogen-bond donors (Lipinski definition) is 0. The molecule has 6 nitrogen and oxygen atoms in total. The predicted molar refractivity (Wildman–Crippen MR) is 113 cm³/mol. The Balaban J connectivity index is 1.52. The fourth-order valence-electron chi connectivity index (χ4n) is 3.68. The lowest BCUT2D eigenvalue weighted by atomic mass is 10.0. The fourth-order valence-corrected chi connectivity index (χ4v) is 3.68. The number of likely N-dealkylation sites (tertiary alicyclic amines) is 1. The molecule has 1 aromatic carbocycles. The highest BCUT2D eigenvalue weighted by molar-refractivity contribution is 5.91. The molecule has 1 atom stereocenters. The quantitative estimate of drug-likeness (QED) is 0.638. The van der Waals surface area contributed by atoms with Crippen LogP contribution in [0.3, 0.4) is 0 Å². The topological polar surface area (TPSA) is 55.2 Å². The van der Waals surface area contributed by atoms with Gasteiger partial charge in [-0.25, -0.2) is 0 Å². The molecule has 0 radical (unpaired) electrons. The monoisotopic (exact) mass is 398 g/mol. The largest absolute Gasteiger partial charge is 0.493 e. The molecule has 1 aliphatic heterocycles. The molecule has 0 bridgehead atoms. The molecule has 156 valence electrons. The van der Waals surface area contributed by atoms with E-state index in [-0.39, 0.29) is 5.91 Å². The van der Waals surface area contributed by atoms with Gasteiger partial charge in [-0.1, -0.05) is 6.07 Å². The number of benzene rings is 1. The number of carbonyl (C=O) groups excluding carboxylic acids is 1. The summed E-state index contributed by atoms with van der Waals surface area (Å²) in [5.74, 6) is 2.23. The lowest BCUT2D eigenvalue weighted by molar-refractivity contribution is -0.127. The molecule has 1 fully saturated rings. The van der Waals surface area contributed by atoms with Crippen LogP contribution in [0.1, 0.15) is 24.2 Å². The minimum absolute atomic E-state index is 0.0411. The summed E-state index contributed by atoms with van der Waals surface area (Å²) in [5.41, 5.74) is 1.21. The summed E-state index contributed by atoms with van der Waals surface area (Å²) in [6.07, 6.45) is 7.98. The molecule has 1 aromatic heterocycles. The van der Waals surface area contributed by atoms with Crippen LogP contribution in [0.5, 0.6) is 11.5 Å². The van der Waals surface area contributed by atoms with Gasteiger partial charge in [-0.05, 0) is 62.2 Å². The first kappa shape index (κ1) is 21.0. The van der Waals surface area contributed by atoms with Gasteiger partial charge in [-0.15, -0.1) is 0 Å². The minimum Gasteiger partial charge on any atom is -0.493 e. The smallest absolute Gasteiger partial charge is 0.246 e. The van der Waals surface area contributed by atoms with E-state index in [0.29, 0.717) is 11.8 Å². The Bertz CT molecular complexity index is 816. The number of carbonyl (C=O) groups is 1. The molecule has 3 rings (SSSR count). The van der Waals surface area contributed by atoms with Crippen LogP contribution in [-0.2, 0) is 11.2 Å². The van der Waals surface area contributed by atoms with Crippen molar-refractivity contribution in [3.63, 3.8) is 0 Å². The van der Waals surface area contributed by atoms with E-state index in [1.165, 1.54) is 5.56 Å². The second-order valence-electron chi connectivity index (χ2n) is 7.35. The van der Waals surface area contributed by atoms with Crippen molar-refractivity contribution in [3.05, 3.63) is 54.0 Å². The zero-order valence-corrected chi connectivity index (χ0v) is 17.5. The number of amides is 1. The molecule has 0 saturated carbocycles. The zero-order valence-electron chi connectivity index (χ0n) is 17.5. The van der Waals surface area contributed by atoms with E-state index in [0.717, 1.165) is 50.4 Å². The third kappa shape index (κ3) is 5.64. The van der Waals surface area contributed by atoms with E-state index >= 15 is 0 Å². The molecule has 2 heterocycles. The predicted octanol–water partition coefficient (Wildman–Crippen LogP) is 3.48. The Labute approximate surface area is 172 Å². The van der Waals surface area contributed by atoms with Crippen molar-refractivity contribution < 1.29 is 18.7 Å². The third-order valence-electron chi connectivity index (χ3n) is 5.47. The highest BCUT2D eigenvalue weighted by atomic mass is 16.5. The summed E-state index contributed by atoms with van der Waals surface area (Å²) in [7, 11) is 5.44. The van der Waals surface area contributed by atoms with Crippen molar-refractivity contribution in [2.45, 2.75) is 25.3 Å². The van der Waals surface area contributed by atoms with Crippen molar-refractivity contribution >= 4 is 12.0 Å². The first-order chi connectivity index (χ1) is 14.1. The van der Waals surface area contributed by atoms with Crippen LogP contribution in [0.4, 0.5) is 0 Å². The SMILES string of the molecule is COc1ccc(CCN(C)[C@H]2CCCN(C(=O)/C=C/c3ccco3)C2)cc1OC. The van der Waals surface area contributed by atoms with E-state index in [1.54, 1.807) is 32.6 Å². The number of likely N-dealkylation sites (N-methyl/N-ethyl adjacent to an activating group) is 1. The molecular weight excluding hydrogens is 368 g/mol. The van der Waals surface area contributed by atoms with Gasteiger partial charge in [0.15, 0.2) is 11.5 Å². The normalized spacial score (nSPS) is 17.1. The first-order valence-electron chi connectivity index (χ1n) is 10.0. The van der Waals surface area contributed by atoms with Crippen molar-refractivity contribution in [1.82, 2.24) is 9.80 Å². The Morgan fingerprint density at radius 2 is 2.10 bits per heavy atom. The Morgan fingerprint density at radius 3 is 2.83 bits per heavy atom. The molecule has 1 aliphatic rings. The lowest BCUT2D eigenvalue weighted by Gasteiger charge is -2.37. The van der Waals surface area contributed by atoms with E-state index in [1.807, 2.05) is 29.2 Å². The molecule has 0 unspecified atom stereocenters. The number of piperidine rings is 1. The summed E-state index contributed by atoms with van der Waals surface area (Å²) in [6, 6.07) is 10.1.